The summed E-state index contributed by atoms with van der Waals surface area (Å²) < 4.78 is 0. The zero-order valence-corrected chi connectivity index (χ0v) is 18.0. The first-order valence-electron chi connectivity index (χ1n) is 7.58. The summed E-state index contributed by atoms with van der Waals surface area (Å²) in [5.41, 5.74) is 2.14. The van der Waals surface area contributed by atoms with Crippen LogP contribution in [0.5, 0.6) is 0 Å². The summed E-state index contributed by atoms with van der Waals surface area (Å²) in [6, 6.07) is 19.7. The van der Waals surface area contributed by atoms with E-state index in [1.807, 2.05) is 74.5 Å². The second-order valence-electron chi connectivity index (χ2n) is 4.42. The number of rotatable bonds is 2. The van der Waals surface area contributed by atoms with E-state index in [1.165, 1.54) is 0 Å². The maximum absolute atomic E-state index is 7.88. The molecule has 0 bridgehead atoms. The normalized spacial score (nSPS) is 7.83. The van der Waals surface area contributed by atoms with Gasteiger partial charge in [0, 0.05) is 39.1 Å². The van der Waals surface area contributed by atoms with E-state index in [4.69, 9.17) is 10.2 Å². The largest absolute Gasteiger partial charge is 0.396 e. The van der Waals surface area contributed by atoms with Crippen LogP contribution in [0.3, 0.4) is 0 Å². The van der Waals surface area contributed by atoms with Crippen LogP contribution in [-0.4, -0.2) is 23.4 Å². The van der Waals surface area contributed by atoms with Gasteiger partial charge in [0.15, 0.2) is 0 Å². The van der Waals surface area contributed by atoms with Crippen molar-refractivity contribution < 1.29 is 36.1 Å². The molecule has 3 heteroatoms. The van der Waals surface area contributed by atoms with Gasteiger partial charge in [-0.25, -0.2) is 0 Å². The molecule has 0 aliphatic heterocycles. The fourth-order valence-electron chi connectivity index (χ4n) is 0.956. The third kappa shape index (κ3) is 26.2. The molecule has 0 unspecified atom stereocenters. The zero-order chi connectivity index (χ0) is 17.1. The number of benzene rings is 2. The first-order chi connectivity index (χ1) is 10.6. The Morgan fingerprint density at radius 2 is 0.870 bits per heavy atom. The third-order valence-corrected chi connectivity index (χ3v) is 2.13. The van der Waals surface area contributed by atoms with Crippen molar-refractivity contribution in [3.63, 3.8) is 0 Å². The molecule has 0 amide bonds. The summed E-state index contributed by atoms with van der Waals surface area (Å²) in [5, 5.41) is 15.8. The molecule has 0 fully saturated rings. The van der Waals surface area contributed by atoms with Gasteiger partial charge in [-0.3, -0.25) is 0 Å². The van der Waals surface area contributed by atoms with Crippen molar-refractivity contribution in [2.24, 2.45) is 0 Å². The first kappa shape index (κ1) is 26.8. The second kappa shape index (κ2) is 23.2. The Hall–Kier alpha value is -1.03. The van der Waals surface area contributed by atoms with E-state index in [-0.39, 0.29) is 25.8 Å². The molecule has 0 radical (unpaired) electrons. The van der Waals surface area contributed by atoms with E-state index >= 15 is 0 Å². The molecule has 0 spiro atoms. The summed E-state index contributed by atoms with van der Waals surface area (Å²) in [6.07, 6.45) is 1.75. The summed E-state index contributed by atoms with van der Waals surface area (Å²) in [4.78, 5) is 0. The summed E-state index contributed by atoms with van der Waals surface area (Å²) >= 11 is 0. The Labute approximate surface area is 161 Å². The molecule has 2 nitrogen and oxygen atoms in total. The SMILES string of the molecule is CCCO.CCCO.[CH2-]c1ccccc1.[CH2-]c1ccccc1.[Hf]. The summed E-state index contributed by atoms with van der Waals surface area (Å²) in [7, 11) is 0. The molecular formula is C20H30HfO2-2. The Morgan fingerprint density at radius 1 is 0.652 bits per heavy atom. The van der Waals surface area contributed by atoms with Crippen LogP contribution in [0.1, 0.15) is 37.8 Å². The number of aliphatic hydroxyl groups excluding tert-OH is 2. The van der Waals surface area contributed by atoms with Crippen molar-refractivity contribution in [3.05, 3.63) is 85.6 Å². The number of hydrogen-bond acceptors (Lipinski definition) is 2. The van der Waals surface area contributed by atoms with Crippen molar-refractivity contribution in [1.82, 2.24) is 0 Å². The molecule has 0 aromatic heterocycles. The monoisotopic (exact) mass is 482 g/mol. The average Bonchev–Trinajstić information content (AvgIpc) is 2.57. The first-order valence-corrected chi connectivity index (χ1v) is 7.58. The molecule has 2 rings (SSSR count). The molecule has 0 heterocycles. The molecule has 2 aromatic rings. The van der Waals surface area contributed by atoms with E-state index in [0.29, 0.717) is 13.2 Å². The summed E-state index contributed by atoms with van der Waals surface area (Å²) in [6.45, 7) is 11.9. The minimum absolute atomic E-state index is 0. The van der Waals surface area contributed by atoms with E-state index in [2.05, 4.69) is 13.8 Å². The molecule has 0 atom stereocenters. The smallest absolute Gasteiger partial charge is 0.0428 e. The molecule has 2 aromatic carbocycles. The van der Waals surface area contributed by atoms with E-state index in [0.717, 1.165) is 24.0 Å². The minimum atomic E-state index is 0. The van der Waals surface area contributed by atoms with Gasteiger partial charge >= 0.3 is 0 Å². The van der Waals surface area contributed by atoms with E-state index in [9.17, 15) is 0 Å². The predicted molar refractivity (Wildman–Crippen MR) is 96.6 cm³/mol. The quantitative estimate of drug-likeness (QED) is 0.490. The van der Waals surface area contributed by atoms with E-state index in [1.54, 1.807) is 0 Å². The molecule has 23 heavy (non-hydrogen) atoms. The van der Waals surface area contributed by atoms with Gasteiger partial charge in [-0.05, 0) is 12.8 Å². The van der Waals surface area contributed by atoms with Gasteiger partial charge in [-0.2, -0.15) is 49.2 Å². The van der Waals surface area contributed by atoms with Crippen molar-refractivity contribution >= 4 is 0 Å². The van der Waals surface area contributed by atoms with Gasteiger partial charge in [-0.15, -0.1) is 24.3 Å². The van der Waals surface area contributed by atoms with Crippen molar-refractivity contribution in [2.45, 2.75) is 26.7 Å². The number of aliphatic hydroxyl groups is 2. The molecule has 128 valence electrons. The van der Waals surface area contributed by atoms with Crippen molar-refractivity contribution in [2.75, 3.05) is 13.2 Å². The predicted octanol–water partition coefficient (Wildman–Crippen LogP) is 4.51. The standard InChI is InChI=1S/2C7H7.2C3H8O.Hf/c2*1-7-5-3-2-4-6-7;2*1-2-3-4;/h2*2-6H,1H2;2*4H,2-3H2,1H3;/q2*-1;;;. The van der Waals surface area contributed by atoms with Crippen molar-refractivity contribution in [1.29, 1.82) is 0 Å². The Bertz CT molecular complexity index is 359. The number of hydrogen-bond donors (Lipinski definition) is 2. The summed E-state index contributed by atoms with van der Waals surface area (Å²) in [5.74, 6) is 0. The van der Waals surface area contributed by atoms with Gasteiger partial charge in [0.1, 0.15) is 0 Å². The van der Waals surface area contributed by atoms with Crippen LogP contribution in [0.4, 0.5) is 0 Å². The fraction of sp³-hybridized carbons (Fsp3) is 0.300. The fourth-order valence-corrected chi connectivity index (χ4v) is 0.956. The minimum Gasteiger partial charge on any atom is -0.396 e. The molecule has 0 saturated carbocycles. The van der Waals surface area contributed by atoms with Crippen LogP contribution in [0, 0.1) is 13.8 Å². The Morgan fingerprint density at radius 3 is 0.957 bits per heavy atom. The topological polar surface area (TPSA) is 40.5 Å². The molecule has 2 N–H and O–H groups in total. The van der Waals surface area contributed by atoms with Gasteiger partial charge in [-0.1, -0.05) is 26.0 Å². The molecule has 0 saturated heterocycles. The van der Waals surface area contributed by atoms with Crippen LogP contribution < -0.4 is 0 Å². The zero-order valence-electron chi connectivity index (χ0n) is 14.4. The van der Waals surface area contributed by atoms with Gasteiger partial charge in [0.2, 0.25) is 0 Å². The van der Waals surface area contributed by atoms with Gasteiger partial charge in [0.25, 0.3) is 0 Å². The second-order valence-corrected chi connectivity index (χ2v) is 4.42. The Balaban J connectivity index is -0.000000238. The van der Waals surface area contributed by atoms with Crippen LogP contribution in [-0.2, 0) is 25.8 Å². The van der Waals surface area contributed by atoms with Crippen LogP contribution >= 0.6 is 0 Å². The Kier molecular flexibility index (Phi) is 27.1. The van der Waals surface area contributed by atoms with E-state index < -0.39 is 0 Å². The van der Waals surface area contributed by atoms with Crippen LogP contribution in [0.2, 0.25) is 0 Å². The third-order valence-electron chi connectivity index (χ3n) is 2.13. The maximum Gasteiger partial charge on any atom is 0.0428 e. The van der Waals surface area contributed by atoms with Crippen LogP contribution in [0.15, 0.2) is 60.7 Å². The van der Waals surface area contributed by atoms with Crippen molar-refractivity contribution in [3.8, 4) is 0 Å². The average molecular weight is 481 g/mol. The van der Waals surface area contributed by atoms with Gasteiger partial charge < -0.3 is 10.2 Å². The maximum atomic E-state index is 7.88. The van der Waals surface area contributed by atoms with Crippen LogP contribution in [0.25, 0.3) is 0 Å². The van der Waals surface area contributed by atoms with Gasteiger partial charge in [0.05, 0.1) is 0 Å². The molecular weight excluding hydrogens is 451 g/mol. The molecule has 0 aliphatic carbocycles. The molecule has 0 aliphatic rings.